The molecule has 8 aromatic carbocycles. The van der Waals surface area contributed by atoms with Gasteiger partial charge in [0.15, 0.2) is 34.7 Å². The maximum atomic E-state index is 13.6. The van der Waals surface area contributed by atoms with Crippen molar-refractivity contribution in [3.05, 3.63) is 287 Å². The zero-order chi connectivity index (χ0) is 97.6. The number of Topliss-reactive ketones (excluding diaryl/α,β-unsaturated/α-hetero) is 5. The molecule has 141 heavy (non-hydrogen) atoms. The van der Waals surface area contributed by atoms with Crippen molar-refractivity contribution in [3.8, 4) is 61.6 Å². The standard InChI is InChI=1S/C28H32N2O2.C27H30N2O2.C27H30O3.C26H28N2O.C14H20O4.CH4/c1-19-24-12-13-25-26(27(24,3)14-15-28(19)31-16-17-32-28)29-20(2)30(25)23-11-7-10-22(18-23)21-8-5-4-6-9-21;1-17-22-13-14-23-26(27(22,3)16-24(31-4)25(17)30)28-18(2)29(23)21-12-8-11-20(15-21)19-9-6-5-7-10-19;1-19-24-12-11-23(25(28)26(24,2)13-14-27(19)29-15-16-30-27)18-20-7-6-10-22(17-20)21-8-4-3-5-9-21;1-17-22-12-13-23-25(26(22,3)15-14-24(17)29)27-18(2)28(23)21-11-7-10-20(16-21)19-8-5-4-6-9-19;1-9-10-3-4-11(15)12(16)13(10,2)5-6-14(9)17-7-8-18-14;/h4-11,18-19,24H,12-17H2,1-3H3;5-12,15,17,22,24H,13-14,16H2,1-4H3;3-11,17,19,24H,12-16,18H2,1-2H3;4-11,16-17,22H,12-15H2,1-3H3;9-10H,3-8H2,1-2H3;1H4/t19-,24-,27-;17-,22-,24?,27-;19-,24-,26-;17-,22-,26-;9-,10-,13-;/m00000./s1. The molecule has 3 aromatic heterocycles. The van der Waals surface area contributed by atoms with Gasteiger partial charge in [-0.3, -0.25) is 24.0 Å². The Labute approximate surface area is 834 Å². The fraction of sp³-hybridized carbons (Fsp3) is 0.480. The molecule has 13 aliphatic rings. The van der Waals surface area contributed by atoms with E-state index in [2.05, 4.69) is 309 Å². The van der Waals surface area contributed by atoms with E-state index in [1.807, 2.05) is 19.1 Å². The highest BCUT2D eigenvalue weighted by atomic mass is 16.7. The van der Waals surface area contributed by atoms with Gasteiger partial charge in [0, 0.05) is 136 Å². The maximum Gasteiger partial charge on any atom is 0.204 e. The topological polar surface area (TPSA) is 203 Å². The third-order valence-electron chi connectivity index (χ3n) is 36.6. The van der Waals surface area contributed by atoms with E-state index in [9.17, 15) is 24.0 Å². The Morgan fingerprint density at radius 3 is 1.11 bits per heavy atom. The lowest BCUT2D eigenvalue weighted by Gasteiger charge is -2.53. The second-order valence-corrected chi connectivity index (χ2v) is 43.9. The zero-order valence-corrected chi connectivity index (χ0v) is 84.5. The van der Waals surface area contributed by atoms with E-state index >= 15 is 0 Å². The van der Waals surface area contributed by atoms with Gasteiger partial charge in [-0.05, 0) is 226 Å². The summed E-state index contributed by atoms with van der Waals surface area (Å²) in [5.41, 5.74) is 22.3. The first-order chi connectivity index (χ1) is 67.5. The molecular formula is C123H144N6O12. The molecule has 11 aromatic rings. The molecule has 3 spiro atoms. The first kappa shape index (κ1) is 99.0. The number of ether oxygens (including phenoxy) is 7. The Bertz CT molecular complexity index is 6490. The van der Waals surface area contributed by atoms with Crippen LogP contribution >= 0.6 is 0 Å². The predicted molar refractivity (Wildman–Crippen MR) is 553 cm³/mol. The number of hydrogen-bond acceptors (Lipinski definition) is 15. The minimum absolute atomic E-state index is 0. The highest BCUT2D eigenvalue weighted by Crippen LogP contribution is 2.62. The molecule has 10 aliphatic carbocycles. The van der Waals surface area contributed by atoms with Crippen LogP contribution in [-0.4, -0.2) is 128 Å². The summed E-state index contributed by atoms with van der Waals surface area (Å²) in [6.45, 7) is 32.5. The molecule has 0 radical (unpaired) electrons. The van der Waals surface area contributed by atoms with Crippen LogP contribution in [0.4, 0.5) is 0 Å². The number of benzene rings is 8. The summed E-state index contributed by atoms with van der Waals surface area (Å²) in [5.74, 6) is 5.12. The van der Waals surface area contributed by atoms with E-state index in [4.69, 9.17) is 48.1 Å². The summed E-state index contributed by atoms with van der Waals surface area (Å²) >= 11 is 0. The number of carbonyl (C=O) groups excluding carboxylic acids is 5. The molecule has 6 saturated carbocycles. The summed E-state index contributed by atoms with van der Waals surface area (Å²) in [7, 11) is 1.65. The summed E-state index contributed by atoms with van der Waals surface area (Å²) in [4.78, 5) is 78.0. The van der Waals surface area contributed by atoms with Gasteiger partial charge in [0.25, 0.3) is 0 Å². The number of fused-ring (bicyclic) bond motifs is 11. The van der Waals surface area contributed by atoms with E-state index in [1.165, 1.54) is 89.9 Å². The minimum atomic E-state index is -0.495. The molecule has 6 heterocycles. The van der Waals surface area contributed by atoms with Crippen LogP contribution in [0.15, 0.2) is 230 Å². The van der Waals surface area contributed by atoms with Crippen LogP contribution in [0.3, 0.4) is 0 Å². The van der Waals surface area contributed by atoms with Crippen molar-refractivity contribution in [1.29, 1.82) is 0 Å². The van der Waals surface area contributed by atoms with Crippen molar-refractivity contribution in [2.45, 2.75) is 259 Å². The Kier molecular flexibility index (Phi) is 27.6. The lowest BCUT2D eigenvalue weighted by Crippen LogP contribution is -2.57. The van der Waals surface area contributed by atoms with E-state index in [0.29, 0.717) is 93.8 Å². The number of ketones is 5. The van der Waals surface area contributed by atoms with Gasteiger partial charge in [-0.2, -0.15) is 0 Å². The van der Waals surface area contributed by atoms with Gasteiger partial charge in [-0.15, -0.1) is 0 Å². The summed E-state index contributed by atoms with van der Waals surface area (Å²) in [6.07, 6.45) is 18.3. The Morgan fingerprint density at radius 1 is 0.355 bits per heavy atom. The molecule has 18 nitrogen and oxygen atoms in total. The largest absolute Gasteiger partial charge is 0.374 e. The lowest BCUT2D eigenvalue weighted by molar-refractivity contribution is -0.242. The Balaban J connectivity index is 0.000000113. The number of rotatable bonds is 10. The Morgan fingerprint density at radius 2 is 0.695 bits per heavy atom. The lowest BCUT2D eigenvalue weighted by atomic mass is 9.54. The quantitative estimate of drug-likeness (QED) is 0.117. The first-order valence-electron chi connectivity index (χ1n) is 52.1. The van der Waals surface area contributed by atoms with Gasteiger partial charge in [0.2, 0.25) is 5.78 Å². The molecule has 3 aliphatic heterocycles. The second kappa shape index (κ2) is 39.4. The molecule has 16 atom stereocenters. The highest BCUT2D eigenvalue weighted by molar-refractivity contribution is 6.39. The SMILES string of the molecule is C.COC1C[C@]2(C)c3nc(C)n(-c4cccc(-c5ccccc5)c4)c3CC[C@H]2[C@H](C)C1=O.C[C@H]1[C@@H]2CC=C(Cc3cccc(-c4ccccc4)c3)C(=O)[C@@]2(C)CCC12OCCO2.C[C@H]1[C@@H]2CCC(=O)C(=O)[C@@]2(C)CCC12OCCO2.Cc1nc2c(n1-c1cccc(-c3ccccc3)c1)CC[C@H]1[C@H](C)C(=O)CC[C@]21C.Cc1nc2c(n1-c1cccc(-c3ccccc3)c1)CC[C@H]1[C@H](C)C3(CC[C@]21C)OCCO3. The number of nitrogens with zero attached hydrogens (tertiary/aromatic N) is 6. The van der Waals surface area contributed by atoms with E-state index in [0.717, 1.165) is 138 Å². The molecule has 0 N–H and O–H groups in total. The summed E-state index contributed by atoms with van der Waals surface area (Å²) < 4.78 is 48.8. The number of hydrogen-bond donors (Lipinski definition) is 0. The third-order valence-corrected chi connectivity index (χ3v) is 36.6. The molecule has 9 fully saturated rings. The summed E-state index contributed by atoms with van der Waals surface area (Å²) in [6, 6.07) is 77.0. The van der Waals surface area contributed by atoms with E-state index in [1.54, 1.807) is 7.11 Å². The molecular weight excluding hydrogens is 1750 g/mol. The number of carbonyl (C=O) groups is 5. The fourth-order valence-corrected chi connectivity index (χ4v) is 28.7. The van der Waals surface area contributed by atoms with Crippen LogP contribution in [-0.2, 0) is 99.1 Å². The van der Waals surface area contributed by atoms with Crippen molar-refractivity contribution in [3.63, 3.8) is 0 Å². The number of methoxy groups -OCH3 is 1. The number of aromatic nitrogens is 6. The average Bonchev–Trinajstić information content (AvgIpc) is 1.11. The smallest absolute Gasteiger partial charge is 0.204 e. The molecule has 0 bridgehead atoms. The van der Waals surface area contributed by atoms with Crippen molar-refractivity contribution in [2.24, 2.45) is 70.0 Å². The highest BCUT2D eigenvalue weighted by Gasteiger charge is 2.63. The van der Waals surface area contributed by atoms with Gasteiger partial charge in [-0.1, -0.05) is 265 Å². The van der Waals surface area contributed by atoms with Crippen molar-refractivity contribution >= 4 is 28.9 Å². The molecule has 24 rings (SSSR count). The predicted octanol–water partition coefficient (Wildman–Crippen LogP) is 24.7. The van der Waals surface area contributed by atoms with E-state index < -0.39 is 17.0 Å². The molecule has 18 heteroatoms. The fourth-order valence-electron chi connectivity index (χ4n) is 28.7. The molecule has 1 unspecified atom stereocenters. The first-order valence-corrected chi connectivity index (χ1v) is 52.1. The van der Waals surface area contributed by atoms with Crippen LogP contribution in [0.2, 0.25) is 0 Å². The van der Waals surface area contributed by atoms with Gasteiger partial charge in [-0.25, -0.2) is 15.0 Å². The number of allylic oxidation sites excluding steroid dienone is 2. The van der Waals surface area contributed by atoms with E-state index in [-0.39, 0.29) is 93.8 Å². The van der Waals surface area contributed by atoms with Crippen LogP contribution in [0.1, 0.15) is 230 Å². The molecule has 738 valence electrons. The summed E-state index contributed by atoms with van der Waals surface area (Å²) in [5, 5.41) is 0. The monoisotopic (exact) mass is 1900 g/mol. The Hall–Kier alpha value is -10.8. The maximum absolute atomic E-state index is 13.6. The van der Waals surface area contributed by atoms with Crippen LogP contribution in [0, 0.1) is 90.8 Å². The molecule has 0 amide bonds. The number of imidazole rings is 3. The van der Waals surface area contributed by atoms with Crippen LogP contribution in [0.5, 0.6) is 0 Å². The number of aryl methyl sites for hydroxylation is 3. The molecule has 3 saturated heterocycles. The normalized spacial score (nSPS) is 29.8. The van der Waals surface area contributed by atoms with Crippen LogP contribution in [0.25, 0.3) is 61.6 Å². The van der Waals surface area contributed by atoms with Gasteiger partial charge >= 0.3 is 0 Å². The third kappa shape index (κ3) is 17.5. The zero-order valence-electron chi connectivity index (χ0n) is 84.5. The van der Waals surface area contributed by atoms with Crippen LogP contribution < -0.4 is 0 Å². The van der Waals surface area contributed by atoms with Gasteiger partial charge in [0.05, 0.1) is 56.7 Å². The average molecular weight is 1900 g/mol. The van der Waals surface area contributed by atoms with Gasteiger partial charge < -0.3 is 46.9 Å². The van der Waals surface area contributed by atoms with Crippen molar-refractivity contribution in [1.82, 2.24) is 28.7 Å². The van der Waals surface area contributed by atoms with Crippen molar-refractivity contribution < 1.29 is 57.1 Å². The van der Waals surface area contributed by atoms with Gasteiger partial charge in [0.1, 0.15) is 29.4 Å². The minimum Gasteiger partial charge on any atom is -0.374 e. The second-order valence-electron chi connectivity index (χ2n) is 43.9. The van der Waals surface area contributed by atoms with Crippen molar-refractivity contribution in [2.75, 3.05) is 46.8 Å².